The van der Waals surface area contributed by atoms with Gasteiger partial charge in [0.05, 0.1) is 6.26 Å². The number of nitrogens with zero attached hydrogens (tertiary/aromatic N) is 2. The molecule has 1 saturated heterocycles. The molecule has 1 aliphatic rings. The highest BCUT2D eigenvalue weighted by Gasteiger charge is 2.19. The minimum atomic E-state index is 0.257. The third kappa shape index (κ3) is 2.06. The van der Waals surface area contributed by atoms with Gasteiger partial charge in [0, 0.05) is 25.2 Å². The van der Waals surface area contributed by atoms with E-state index in [0.717, 1.165) is 43.2 Å². The number of hydrogen-bond donors (Lipinski definition) is 2. The predicted molar refractivity (Wildman–Crippen MR) is 65.7 cm³/mol. The Kier molecular flexibility index (Phi) is 2.60. The number of H-pyrrole nitrogens is 1. The van der Waals surface area contributed by atoms with Crippen LogP contribution in [0, 0.1) is 0 Å². The highest BCUT2D eigenvalue weighted by Crippen LogP contribution is 2.23. The molecule has 3 N–H and O–H groups in total. The van der Waals surface area contributed by atoms with Gasteiger partial charge in [-0.2, -0.15) is 5.10 Å². The number of hydrogen-bond acceptors (Lipinski definition) is 4. The largest absolute Gasteiger partial charge is 0.463 e. The van der Waals surface area contributed by atoms with Gasteiger partial charge in [-0.15, -0.1) is 0 Å². The van der Waals surface area contributed by atoms with Crippen molar-refractivity contribution in [3.63, 3.8) is 0 Å². The van der Waals surface area contributed by atoms with Gasteiger partial charge in [-0.3, -0.25) is 5.10 Å². The molecular weight excluding hydrogens is 216 g/mol. The smallest absolute Gasteiger partial charge is 0.151 e. The van der Waals surface area contributed by atoms with Gasteiger partial charge in [-0.1, -0.05) is 0 Å². The summed E-state index contributed by atoms with van der Waals surface area (Å²) >= 11 is 0. The quantitative estimate of drug-likeness (QED) is 0.825. The number of nitrogens with one attached hydrogen (secondary N) is 1. The summed E-state index contributed by atoms with van der Waals surface area (Å²) in [4.78, 5) is 2.22. The van der Waals surface area contributed by atoms with Crippen LogP contribution in [0.3, 0.4) is 0 Å². The maximum absolute atomic E-state index is 5.97. The Morgan fingerprint density at radius 2 is 2.47 bits per heavy atom. The van der Waals surface area contributed by atoms with Crippen LogP contribution in [0.5, 0.6) is 0 Å². The molecule has 3 rings (SSSR count). The van der Waals surface area contributed by atoms with Gasteiger partial charge in [-0.05, 0) is 25.0 Å². The topological polar surface area (TPSA) is 71.1 Å². The summed E-state index contributed by atoms with van der Waals surface area (Å²) in [6.07, 6.45) is 3.89. The Balaban J connectivity index is 1.80. The SMILES string of the molecule is NC1CCCN(c2cc(-c3ccco3)[nH]n2)C1. The van der Waals surface area contributed by atoms with Crippen LogP contribution in [0.2, 0.25) is 0 Å². The van der Waals surface area contributed by atoms with E-state index in [4.69, 9.17) is 10.2 Å². The second-order valence-electron chi connectivity index (χ2n) is 4.47. The lowest BCUT2D eigenvalue weighted by atomic mass is 10.1. The molecule has 1 aliphatic heterocycles. The van der Waals surface area contributed by atoms with Crippen molar-refractivity contribution in [1.29, 1.82) is 0 Å². The Hall–Kier alpha value is -1.75. The Bertz CT molecular complexity index is 476. The molecule has 0 bridgehead atoms. The fraction of sp³-hybridized carbons (Fsp3) is 0.417. The second-order valence-corrected chi connectivity index (χ2v) is 4.47. The van der Waals surface area contributed by atoms with E-state index in [1.165, 1.54) is 0 Å². The number of aromatic nitrogens is 2. The molecule has 0 saturated carbocycles. The van der Waals surface area contributed by atoms with Crippen molar-refractivity contribution in [3.05, 3.63) is 24.5 Å². The van der Waals surface area contributed by atoms with Gasteiger partial charge >= 0.3 is 0 Å². The molecule has 2 aromatic rings. The van der Waals surface area contributed by atoms with E-state index in [0.29, 0.717) is 0 Å². The molecule has 5 heteroatoms. The lowest BCUT2D eigenvalue weighted by Crippen LogP contribution is -2.43. The molecule has 0 aliphatic carbocycles. The molecule has 2 aromatic heterocycles. The number of anilines is 1. The number of rotatable bonds is 2. The number of furan rings is 1. The lowest BCUT2D eigenvalue weighted by molar-refractivity contribution is 0.503. The third-order valence-corrected chi connectivity index (χ3v) is 3.13. The van der Waals surface area contributed by atoms with Gasteiger partial charge in [0.15, 0.2) is 11.6 Å². The van der Waals surface area contributed by atoms with Crippen LogP contribution in [-0.4, -0.2) is 29.3 Å². The monoisotopic (exact) mass is 232 g/mol. The molecule has 1 unspecified atom stereocenters. The van der Waals surface area contributed by atoms with Gasteiger partial charge in [0.2, 0.25) is 0 Å². The van der Waals surface area contributed by atoms with Gasteiger partial charge in [-0.25, -0.2) is 0 Å². The lowest BCUT2D eigenvalue weighted by Gasteiger charge is -2.30. The molecule has 1 fully saturated rings. The summed E-state index contributed by atoms with van der Waals surface area (Å²) in [5, 5.41) is 7.31. The van der Waals surface area contributed by atoms with Gasteiger partial charge in [0.25, 0.3) is 0 Å². The van der Waals surface area contributed by atoms with Crippen LogP contribution < -0.4 is 10.6 Å². The zero-order chi connectivity index (χ0) is 11.7. The molecule has 3 heterocycles. The summed E-state index contributed by atoms with van der Waals surface area (Å²) in [7, 11) is 0. The molecule has 5 nitrogen and oxygen atoms in total. The van der Waals surface area contributed by atoms with E-state index in [9.17, 15) is 0 Å². The number of nitrogens with two attached hydrogens (primary N) is 1. The first-order chi connectivity index (χ1) is 8.33. The summed E-state index contributed by atoms with van der Waals surface area (Å²) in [5.41, 5.74) is 6.87. The second kappa shape index (κ2) is 4.25. The zero-order valence-corrected chi connectivity index (χ0v) is 9.60. The molecule has 17 heavy (non-hydrogen) atoms. The van der Waals surface area contributed by atoms with Crippen LogP contribution in [0.15, 0.2) is 28.9 Å². The highest BCUT2D eigenvalue weighted by molar-refractivity contribution is 5.58. The van der Waals surface area contributed by atoms with E-state index < -0.39 is 0 Å². The van der Waals surface area contributed by atoms with Crippen LogP contribution >= 0.6 is 0 Å². The maximum Gasteiger partial charge on any atom is 0.151 e. The fourth-order valence-corrected chi connectivity index (χ4v) is 2.25. The summed E-state index contributed by atoms with van der Waals surface area (Å²) < 4.78 is 5.33. The van der Waals surface area contributed by atoms with E-state index in [2.05, 4.69) is 15.1 Å². The average molecular weight is 232 g/mol. The maximum atomic E-state index is 5.97. The normalized spacial score (nSPS) is 20.8. The number of piperidine rings is 1. The molecule has 0 spiro atoms. The molecular formula is C12H16N4O. The van der Waals surface area contributed by atoms with Crippen molar-refractivity contribution in [2.24, 2.45) is 5.73 Å². The standard InChI is InChI=1S/C12H16N4O/c13-9-3-1-5-16(8-9)12-7-10(14-15-12)11-4-2-6-17-11/h2,4,6-7,9H,1,3,5,8,13H2,(H,14,15). The minimum absolute atomic E-state index is 0.257. The van der Waals surface area contributed by atoms with Crippen molar-refractivity contribution >= 4 is 5.82 Å². The predicted octanol–water partition coefficient (Wildman–Crippen LogP) is 1.60. The van der Waals surface area contributed by atoms with Crippen molar-refractivity contribution in [2.45, 2.75) is 18.9 Å². The average Bonchev–Trinajstić information content (AvgIpc) is 3.00. The van der Waals surface area contributed by atoms with Crippen molar-refractivity contribution < 1.29 is 4.42 Å². The minimum Gasteiger partial charge on any atom is -0.463 e. The first-order valence-corrected chi connectivity index (χ1v) is 5.93. The summed E-state index contributed by atoms with van der Waals surface area (Å²) in [5.74, 6) is 1.76. The molecule has 1 atom stereocenters. The van der Waals surface area contributed by atoms with Crippen molar-refractivity contribution in [1.82, 2.24) is 10.2 Å². The van der Waals surface area contributed by atoms with E-state index >= 15 is 0 Å². The summed E-state index contributed by atoms with van der Waals surface area (Å²) in [6.45, 7) is 1.90. The van der Waals surface area contributed by atoms with E-state index in [1.807, 2.05) is 18.2 Å². The molecule has 90 valence electrons. The third-order valence-electron chi connectivity index (χ3n) is 3.13. The van der Waals surface area contributed by atoms with E-state index in [-0.39, 0.29) is 6.04 Å². The van der Waals surface area contributed by atoms with E-state index in [1.54, 1.807) is 6.26 Å². The molecule has 0 amide bonds. The highest BCUT2D eigenvalue weighted by atomic mass is 16.3. The van der Waals surface area contributed by atoms with Crippen LogP contribution in [0.1, 0.15) is 12.8 Å². The fourth-order valence-electron chi connectivity index (χ4n) is 2.25. The molecule has 0 aromatic carbocycles. The first-order valence-electron chi connectivity index (χ1n) is 5.93. The molecule has 0 radical (unpaired) electrons. The van der Waals surface area contributed by atoms with Gasteiger partial charge in [0.1, 0.15) is 5.69 Å². The summed E-state index contributed by atoms with van der Waals surface area (Å²) in [6, 6.07) is 6.05. The van der Waals surface area contributed by atoms with Crippen molar-refractivity contribution in [3.8, 4) is 11.5 Å². The zero-order valence-electron chi connectivity index (χ0n) is 9.60. The van der Waals surface area contributed by atoms with Crippen LogP contribution in [0.4, 0.5) is 5.82 Å². The van der Waals surface area contributed by atoms with Crippen LogP contribution in [0.25, 0.3) is 11.5 Å². The Morgan fingerprint density at radius 3 is 3.24 bits per heavy atom. The van der Waals surface area contributed by atoms with Gasteiger partial charge < -0.3 is 15.1 Å². The Labute approximate surface area is 99.6 Å². The number of aromatic amines is 1. The Morgan fingerprint density at radius 1 is 1.53 bits per heavy atom. The van der Waals surface area contributed by atoms with Crippen molar-refractivity contribution in [2.75, 3.05) is 18.0 Å². The first kappa shape index (κ1) is 10.4. The van der Waals surface area contributed by atoms with Crippen LogP contribution in [-0.2, 0) is 0 Å².